The Morgan fingerprint density at radius 1 is 1.23 bits per heavy atom. The van der Waals surface area contributed by atoms with Gasteiger partial charge in [0, 0.05) is 13.0 Å². The summed E-state index contributed by atoms with van der Waals surface area (Å²) in [5.41, 5.74) is 0. The molecule has 3 nitrogen and oxygen atoms in total. The molecule has 0 rings (SSSR count). The van der Waals surface area contributed by atoms with Crippen LogP contribution in [0.5, 0.6) is 0 Å². The number of amides is 1. The molecule has 0 fully saturated rings. The highest BCUT2D eigenvalue weighted by Gasteiger charge is 1.96. The van der Waals surface area contributed by atoms with Crippen molar-refractivity contribution in [3.63, 3.8) is 0 Å². The number of carbonyl (C=O) groups excluding carboxylic acids is 1. The normalized spacial score (nSPS) is 8.62. The lowest BCUT2D eigenvalue weighted by molar-refractivity contribution is -0.121. The SMILES string of the molecule is CC.CCNC(=O)CCCCNC. The highest BCUT2D eigenvalue weighted by atomic mass is 16.1. The van der Waals surface area contributed by atoms with E-state index in [0.29, 0.717) is 6.42 Å². The van der Waals surface area contributed by atoms with Gasteiger partial charge in [-0.2, -0.15) is 0 Å². The molecule has 2 N–H and O–H groups in total. The third-order valence-electron chi connectivity index (χ3n) is 1.45. The minimum atomic E-state index is 0.170. The molecule has 0 saturated carbocycles. The van der Waals surface area contributed by atoms with E-state index in [1.165, 1.54) is 0 Å². The molecule has 0 spiro atoms. The zero-order chi connectivity index (χ0) is 10.5. The van der Waals surface area contributed by atoms with Crippen molar-refractivity contribution in [3.05, 3.63) is 0 Å². The van der Waals surface area contributed by atoms with E-state index in [-0.39, 0.29) is 5.91 Å². The number of rotatable bonds is 6. The van der Waals surface area contributed by atoms with E-state index in [1.807, 2.05) is 27.8 Å². The smallest absolute Gasteiger partial charge is 0.219 e. The van der Waals surface area contributed by atoms with E-state index in [1.54, 1.807) is 0 Å². The van der Waals surface area contributed by atoms with Gasteiger partial charge in [-0.3, -0.25) is 4.79 Å². The lowest BCUT2D eigenvalue weighted by Crippen LogP contribution is -2.22. The topological polar surface area (TPSA) is 41.1 Å². The molecule has 0 unspecified atom stereocenters. The van der Waals surface area contributed by atoms with Crippen molar-refractivity contribution in [2.75, 3.05) is 20.1 Å². The van der Waals surface area contributed by atoms with Gasteiger partial charge in [-0.1, -0.05) is 13.8 Å². The minimum absolute atomic E-state index is 0.170. The molecular formula is C10H24N2O. The van der Waals surface area contributed by atoms with Crippen molar-refractivity contribution < 1.29 is 4.79 Å². The second kappa shape index (κ2) is 14.0. The molecule has 0 aromatic carbocycles. The third-order valence-corrected chi connectivity index (χ3v) is 1.45. The number of hydrogen-bond donors (Lipinski definition) is 2. The van der Waals surface area contributed by atoms with Crippen LogP contribution in [0.2, 0.25) is 0 Å². The monoisotopic (exact) mass is 188 g/mol. The summed E-state index contributed by atoms with van der Waals surface area (Å²) in [6.07, 6.45) is 2.72. The molecule has 0 atom stereocenters. The summed E-state index contributed by atoms with van der Waals surface area (Å²) in [6.45, 7) is 7.68. The predicted octanol–water partition coefficient (Wildman–Crippen LogP) is 1.54. The summed E-state index contributed by atoms with van der Waals surface area (Å²) in [5.74, 6) is 0.170. The van der Waals surface area contributed by atoms with Crippen LogP contribution in [-0.2, 0) is 4.79 Å². The number of unbranched alkanes of at least 4 members (excludes halogenated alkanes) is 1. The van der Waals surface area contributed by atoms with Crippen molar-refractivity contribution in [3.8, 4) is 0 Å². The molecule has 3 heteroatoms. The molecule has 0 aliphatic heterocycles. The molecule has 0 heterocycles. The van der Waals surface area contributed by atoms with Crippen molar-refractivity contribution >= 4 is 5.91 Å². The van der Waals surface area contributed by atoms with Crippen LogP contribution < -0.4 is 10.6 Å². The van der Waals surface area contributed by atoms with E-state index in [9.17, 15) is 4.79 Å². The van der Waals surface area contributed by atoms with Crippen LogP contribution in [0.15, 0.2) is 0 Å². The Balaban J connectivity index is 0. The summed E-state index contributed by atoms with van der Waals surface area (Å²) in [6, 6.07) is 0. The lowest BCUT2D eigenvalue weighted by atomic mass is 10.2. The van der Waals surface area contributed by atoms with Gasteiger partial charge < -0.3 is 10.6 Å². The van der Waals surface area contributed by atoms with Crippen LogP contribution in [0.4, 0.5) is 0 Å². The molecule has 80 valence electrons. The van der Waals surface area contributed by atoms with Crippen LogP contribution in [0.25, 0.3) is 0 Å². The summed E-state index contributed by atoms with van der Waals surface area (Å²) < 4.78 is 0. The number of nitrogens with one attached hydrogen (secondary N) is 2. The summed E-state index contributed by atoms with van der Waals surface area (Å²) in [7, 11) is 1.92. The van der Waals surface area contributed by atoms with E-state index < -0.39 is 0 Å². The average molecular weight is 188 g/mol. The van der Waals surface area contributed by atoms with E-state index in [4.69, 9.17) is 0 Å². The minimum Gasteiger partial charge on any atom is -0.356 e. The Kier molecular flexibility index (Phi) is 16.1. The Hall–Kier alpha value is -0.570. The van der Waals surface area contributed by atoms with Crippen molar-refractivity contribution in [1.82, 2.24) is 10.6 Å². The molecule has 1 amide bonds. The maximum atomic E-state index is 10.9. The first-order valence-corrected chi connectivity index (χ1v) is 5.22. The Morgan fingerprint density at radius 3 is 2.31 bits per heavy atom. The molecule has 0 saturated heterocycles. The summed E-state index contributed by atoms with van der Waals surface area (Å²) in [5, 5.41) is 5.80. The molecule has 0 aliphatic rings. The first-order chi connectivity index (χ1) is 6.31. The van der Waals surface area contributed by atoms with Gasteiger partial charge in [-0.05, 0) is 33.4 Å². The maximum Gasteiger partial charge on any atom is 0.219 e. The molecule has 13 heavy (non-hydrogen) atoms. The highest BCUT2D eigenvalue weighted by Crippen LogP contribution is 1.92. The Bertz CT molecular complexity index is 105. The fourth-order valence-corrected chi connectivity index (χ4v) is 0.873. The number of hydrogen-bond acceptors (Lipinski definition) is 2. The molecule has 0 aromatic rings. The van der Waals surface area contributed by atoms with Gasteiger partial charge in [0.2, 0.25) is 5.91 Å². The quantitative estimate of drug-likeness (QED) is 0.621. The predicted molar refractivity (Wildman–Crippen MR) is 57.8 cm³/mol. The fourth-order valence-electron chi connectivity index (χ4n) is 0.873. The zero-order valence-electron chi connectivity index (χ0n) is 9.44. The van der Waals surface area contributed by atoms with Gasteiger partial charge >= 0.3 is 0 Å². The van der Waals surface area contributed by atoms with E-state index in [2.05, 4.69) is 10.6 Å². The van der Waals surface area contributed by atoms with Crippen molar-refractivity contribution in [2.45, 2.75) is 40.0 Å². The van der Waals surface area contributed by atoms with Gasteiger partial charge in [-0.25, -0.2) is 0 Å². The van der Waals surface area contributed by atoms with Crippen molar-refractivity contribution in [2.24, 2.45) is 0 Å². The lowest BCUT2D eigenvalue weighted by Gasteiger charge is -2.00. The second-order valence-corrected chi connectivity index (χ2v) is 2.51. The van der Waals surface area contributed by atoms with E-state index in [0.717, 1.165) is 25.9 Å². The second-order valence-electron chi connectivity index (χ2n) is 2.51. The van der Waals surface area contributed by atoms with Gasteiger partial charge in [0.15, 0.2) is 0 Å². The Labute approximate surface area is 82.3 Å². The third kappa shape index (κ3) is 14.3. The maximum absolute atomic E-state index is 10.9. The largest absolute Gasteiger partial charge is 0.356 e. The molecule has 0 aromatic heterocycles. The molecule has 0 bridgehead atoms. The van der Waals surface area contributed by atoms with Gasteiger partial charge in [0.1, 0.15) is 0 Å². The highest BCUT2D eigenvalue weighted by molar-refractivity contribution is 5.75. The van der Waals surface area contributed by atoms with Crippen LogP contribution in [0.1, 0.15) is 40.0 Å². The number of carbonyl (C=O) groups is 1. The van der Waals surface area contributed by atoms with Crippen LogP contribution in [0.3, 0.4) is 0 Å². The first-order valence-electron chi connectivity index (χ1n) is 5.22. The molecule has 0 aliphatic carbocycles. The molecule has 0 radical (unpaired) electrons. The van der Waals surface area contributed by atoms with Gasteiger partial charge in [-0.15, -0.1) is 0 Å². The van der Waals surface area contributed by atoms with Gasteiger partial charge in [0.25, 0.3) is 0 Å². The van der Waals surface area contributed by atoms with Crippen LogP contribution in [-0.4, -0.2) is 26.0 Å². The zero-order valence-corrected chi connectivity index (χ0v) is 9.44. The van der Waals surface area contributed by atoms with Crippen molar-refractivity contribution in [1.29, 1.82) is 0 Å². The summed E-state index contributed by atoms with van der Waals surface area (Å²) in [4.78, 5) is 10.9. The van der Waals surface area contributed by atoms with Crippen LogP contribution >= 0.6 is 0 Å². The van der Waals surface area contributed by atoms with E-state index >= 15 is 0 Å². The summed E-state index contributed by atoms with van der Waals surface area (Å²) >= 11 is 0. The standard InChI is InChI=1S/C8H18N2O.C2H6/c1-3-10-8(11)6-4-5-7-9-2;1-2/h9H,3-7H2,1-2H3,(H,10,11);1-2H3. The fraction of sp³-hybridized carbons (Fsp3) is 0.900. The Morgan fingerprint density at radius 2 is 1.85 bits per heavy atom. The average Bonchev–Trinajstić information content (AvgIpc) is 2.16. The molecular weight excluding hydrogens is 164 g/mol. The first kappa shape index (κ1) is 14.9. The van der Waals surface area contributed by atoms with Crippen LogP contribution in [0, 0.1) is 0 Å². The van der Waals surface area contributed by atoms with Gasteiger partial charge in [0.05, 0.1) is 0 Å².